The van der Waals surface area contributed by atoms with Crippen LogP contribution >= 0.6 is 0 Å². The number of fused-ring (bicyclic) bond motifs is 1. The lowest BCUT2D eigenvalue weighted by Gasteiger charge is -2.35. The normalized spacial score (nSPS) is 24.8. The molecule has 2 aromatic rings. The summed E-state index contributed by atoms with van der Waals surface area (Å²) in [7, 11) is -2.70. The summed E-state index contributed by atoms with van der Waals surface area (Å²) in [6, 6.07) is 7.60. The van der Waals surface area contributed by atoms with Gasteiger partial charge in [0, 0.05) is 37.7 Å². The van der Waals surface area contributed by atoms with Gasteiger partial charge in [-0.25, -0.2) is 18.2 Å². The van der Waals surface area contributed by atoms with E-state index in [4.69, 9.17) is 9.47 Å². The molecule has 15 nitrogen and oxygen atoms in total. The predicted molar refractivity (Wildman–Crippen MR) is 186 cm³/mol. The van der Waals surface area contributed by atoms with Crippen LogP contribution < -0.4 is 25.0 Å². The third kappa shape index (κ3) is 7.65. The van der Waals surface area contributed by atoms with Gasteiger partial charge in [0.2, 0.25) is 33.7 Å². The molecule has 0 spiro atoms. The van der Waals surface area contributed by atoms with E-state index >= 15 is 0 Å². The highest BCUT2D eigenvalue weighted by Crippen LogP contribution is 2.45. The van der Waals surface area contributed by atoms with Gasteiger partial charge in [-0.2, -0.15) is 4.98 Å². The largest absolute Gasteiger partial charge is 0.472 e. The van der Waals surface area contributed by atoms with Crippen LogP contribution in [0.4, 0.5) is 10.7 Å². The second-order valence-corrected chi connectivity index (χ2v) is 16.7. The van der Waals surface area contributed by atoms with Crippen LogP contribution in [0.1, 0.15) is 57.6 Å². The van der Waals surface area contributed by atoms with Crippen LogP contribution in [-0.4, -0.2) is 96.3 Å². The molecule has 274 valence electrons. The number of alkyl carbamates (subject to hydrolysis) is 1. The average molecular weight is 724 g/mol. The van der Waals surface area contributed by atoms with E-state index in [9.17, 15) is 27.6 Å². The summed E-state index contributed by atoms with van der Waals surface area (Å²) in [5, 5.41) is 4.73. The molecule has 2 unspecified atom stereocenters. The summed E-state index contributed by atoms with van der Waals surface area (Å²) >= 11 is 0. The molecule has 0 radical (unpaired) electrons. The van der Waals surface area contributed by atoms with Gasteiger partial charge in [-0.3, -0.25) is 19.1 Å². The van der Waals surface area contributed by atoms with Crippen LogP contribution in [0, 0.1) is 11.3 Å². The summed E-state index contributed by atoms with van der Waals surface area (Å²) in [4.78, 5) is 66.6. The number of likely N-dealkylation sites (tertiary alicyclic amines) is 1. The molecular weight excluding hydrogens is 678 g/mol. The lowest BCUT2D eigenvalue weighted by Crippen LogP contribution is -2.60. The average Bonchev–Trinajstić information content (AvgIpc) is 4.03. The van der Waals surface area contributed by atoms with Gasteiger partial charge in [0.05, 0.1) is 18.9 Å². The van der Waals surface area contributed by atoms with Crippen molar-refractivity contribution in [1.29, 1.82) is 0 Å². The number of hydrogen-bond donors (Lipinski definition) is 3. The van der Waals surface area contributed by atoms with Gasteiger partial charge >= 0.3 is 6.09 Å². The number of benzene rings is 1. The minimum atomic E-state index is -3.89. The first-order valence-electron chi connectivity index (χ1n) is 17.1. The number of sulfonamides is 1. The zero-order valence-corrected chi connectivity index (χ0v) is 30.1. The Balaban J connectivity index is 1.23. The van der Waals surface area contributed by atoms with Crippen LogP contribution in [0.25, 0.3) is 0 Å². The van der Waals surface area contributed by atoms with Gasteiger partial charge < -0.3 is 29.9 Å². The van der Waals surface area contributed by atoms with Crippen molar-refractivity contribution in [3.8, 4) is 5.88 Å². The minimum Gasteiger partial charge on any atom is -0.472 e. The molecule has 4 aliphatic rings. The number of aromatic nitrogens is 2. The molecule has 5 atom stereocenters. The van der Waals surface area contributed by atoms with Crippen LogP contribution in [0.3, 0.4) is 0 Å². The molecule has 4 amide bonds. The maximum Gasteiger partial charge on any atom is 0.407 e. The third-order valence-corrected chi connectivity index (χ3v) is 11.8. The fourth-order valence-corrected chi connectivity index (χ4v) is 8.14. The number of ether oxygens (including phenoxy) is 2. The molecule has 1 saturated heterocycles. The summed E-state index contributed by atoms with van der Waals surface area (Å²) in [6.45, 7) is 10.4. The molecule has 0 bridgehead atoms. The van der Waals surface area contributed by atoms with E-state index in [1.807, 2.05) is 12.1 Å². The Morgan fingerprint density at radius 1 is 1.12 bits per heavy atom. The van der Waals surface area contributed by atoms with Gasteiger partial charge in [-0.1, -0.05) is 51.1 Å². The Hall–Kier alpha value is -4.73. The van der Waals surface area contributed by atoms with E-state index in [-0.39, 0.29) is 25.3 Å². The lowest BCUT2D eigenvalue weighted by atomic mass is 9.85. The van der Waals surface area contributed by atoms with E-state index in [2.05, 4.69) is 48.9 Å². The topological polar surface area (TPSA) is 189 Å². The van der Waals surface area contributed by atoms with E-state index in [0.717, 1.165) is 13.0 Å². The van der Waals surface area contributed by atoms with E-state index in [0.29, 0.717) is 25.3 Å². The van der Waals surface area contributed by atoms with Gasteiger partial charge in [-0.05, 0) is 42.2 Å². The number of anilines is 1. The SMILES string of the molecule is C=CC1CC1(NC(=O)[C@@H]1C[C@@H](Oc2ccnc(N3CCc4ccccc4C3)n2)CN1C(=O)[C@@H](NC(=O)OC)C(C)(C)C)C(=O)NS(=O)(=O)C1CC1. The Morgan fingerprint density at radius 2 is 1.84 bits per heavy atom. The Bertz CT molecular complexity index is 1830. The maximum absolute atomic E-state index is 14.2. The molecule has 2 aliphatic heterocycles. The predicted octanol–water partition coefficient (Wildman–Crippen LogP) is 1.83. The quantitative estimate of drug-likeness (QED) is 0.287. The van der Waals surface area contributed by atoms with Crippen molar-refractivity contribution >= 4 is 39.8 Å². The first-order valence-corrected chi connectivity index (χ1v) is 18.7. The van der Waals surface area contributed by atoms with Gasteiger partial charge in [-0.15, -0.1) is 6.58 Å². The van der Waals surface area contributed by atoms with Gasteiger partial charge in [0.1, 0.15) is 23.7 Å². The number of nitrogens with one attached hydrogen (secondary N) is 3. The van der Waals surface area contributed by atoms with Crippen molar-refractivity contribution in [2.24, 2.45) is 11.3 Å². The summed E-state index contributed by atoms with van der Waals surface area (Å²) in [6.07, 6.45) is 3.51. The number of methoxy groups -OCH3 is 1. The van der Waals surface area contributed by atoms with Crippen LogP contribution in [0.5, 0.6) is 5.88 Å². The molecule has 1 aromatic carbocycles. The molecule has 6 rings (SSSR count). The summed E-state index contributed by atoms with van der Waals surface area (Å²) < 4.78 is 38.5. The lowest BCUT2D eigenvalue weighted by molar-refractivity contribution is -0.142. The molecule has 2 aliphatic carbocycles. The number of amides is 4. The highest BCUT2D eigenvalue weighted by atomic mass is 32.2. The van der Waals surface area contributed by atoms with Crippen molar-refractivity contribution in [3.05, 3.63) is 60.3 Å². The monoisotopic (exact) mass is 723 g/mol. The Kier molecular flexibility index (Phi) is 9.74. The Labute approximate surface area is 297 Å². The molecule has 3 N–H and O–H groups in total. The molecule has 2 saturated carbocycles. The fraction of sp³-hybridized carbons (Fsp3) is 0.543. The number of hydrogen-bond acceptors (Lipinski definition) is 11. The number of rotatable bonds is 11. The summed E-state index contributed by atoms with van der Waals surface area (Å²) in [5.74, 6) is -1.84. The molecule has 16 heteroatoms. The minimum absolute atomic E-state index is 0.0277. The highest BCUT2D eigenvalue weighted by molar-refractivity contribution is 7.91. The summed E-state index contributed by atoms with van der Waals surface area (Å²) in [5.41, 5.74) is 0.141. The van der Waals surface area contributed by atoms with E-state index in [1.165, 1.54) is 29.2 Å². The van der Waals surface area contributed by atoms with Crippen molar-refractivity contribution < 1.29 is 37.1 Å². The molecule has 1 aromatic heterocycles. The van der Waals surface area contributed by atoms with Crippen LogP contribution in [0.2, 0.25) is 0 Å². The van der Waals surface area contributed by atoms with Crippen molar-refractivity contribution in [2.45, 2.75) is 88.4 Å². The Morgan fingerprint density at radius 3 is 2.49 bits per heavy atom. The number of carbonyl (C=O) groups is 4. The second kappa shape index (κ2) is 13.8. The van der Waals surface area contributed by atoms with Crippen LogP contribution in [0.15, 0.2) is 49.2 Å². The van der Waals surface area contributed by atoms with Crippen molar-refractivity contribution in [1.82, 2.24) is 30.2 Å². The smallest absolute Gasteiger partial charge is 0.407 e. The van der Waals surface area contributed by atoms with E-state index < -0.39 is 74.1 Å². The van der Waals surface area contributed by atoms with E-state index in [1.54, 1.807) is 33.0 Å². The first kappa shape index (κ1) is 36.1. The molecule has 51 heavy (non-hydrogen) atoms. The molecule has 3 heterocycles. The fourth-order valence-electron chi connectivity index (χ4n) is 6.77. The maximum atomic E-state index is 14.2. The van der Waals surface area contributed by atoms with Gasteiger partial charge in [0.25, 0.3) is 5.91 Å². The highest BCUT2D eigenvalue weighted by Gasteiger charge is 2.62. The zero-order valence-electron chi connectivity index (χ0n) is 29.3. The molecular formula is C35H45N7O8S. The standard InChI is InChI=1S/C35H45N7O8S/c1-6-23-18-35(23,31(45)40-51(47,48)25-11-12-25)39-29(43)26-17-24(20-42(26)30(44)28(34(2,3)4)38-33(46)49-5)50-27-13-15-36-32(37-27)41-16-14-21-9-7-8-10-22(21)19-41/h6-10,13,15,23-26,28H,1,11-12,14,16-20H2,2-5H3,(H,38,46)(H,39,43)(H,40,45)/t23?,24-,26+,28-,35?/m1/s1. The number of nitrogens with zero attached hydrogens (tertiary/aromatic N) is 4. The van der Waals surface area contributed by atoms with Crippen LogP contribution in [-0.2, 0) is 42.1 Å². The number of carbonyl (C=O) groups excluding carboxylic acids is 4. The second-order valence-electron chi connectivity index (χ2n) is 14.7. The zero-order chi connectivity index (χ0) is 36.7. The van der Waals surface area contributed by atoms with Crippen molar-refractivity contribution in [3.63, 3.8) is 0 Å². The molecule has 3 fully saturated rings. The first-order chi connectivity index (χ1) is 24.1. The van der Waals surface area contributed by atoms with Gasteiger partial charge in [0.15, 0.2) is 0 Å². The third-order valence-electron chi connectivity index (χ3n) is 9.98. The van der Waals surface area contributed by atoms with Crippen molar-refractivity contribution in [2.75, 3.05) is 25.1 Å².